The molecule has 0 aromatic heterocycles. The van der Waals surface area contributed by atoms with Gasteiger partial charge in [-0.1, -0.05) is 48.2 Å². The predicted molar refractivity (Wildman–Crippen MR) is 102 cm³/mol. The van der Waals surface area contributed by atoms with Crippen LogP contribution in [-0.4, -0.2) is 16.7 Å². The van der Waals surface area contributed by atoms with Crippen molar-refractivity contribution in [2.24, 2.45) is 0 Å². The Labute approximate surface area is 157 Å². The van der Waals surface area contributed by atoms with E-state index < -0.39 is 4.87 Å². The topological polar surface area (TPSA) is 49.4 Å². The molecule has 26 heavy (non-hydrogen) atoms. The zero-order chi connectivity index (χ0) is 17.7. The summed E-state index contributed by atoms with van der Waals surface area (Å²) in [5.74, 6) is 0.00731. The molecule has 2 aromatic carbocycles. The molecule has 0 bridgehead atoms. The average molecular weight is 364 g/mol. The van der Waals surface area contributed by atoms with Gasteiger partial charge in [-0.2, -0.15) is 0 Å². The summed E-state index contributed by atoms with van der Waals surface area (Å²) in [6.07, 6.45) is 4.08. The van der Waals surface area contributed by atoms with Gasteiger partial charge in [-0.3, -0.25) is 14.5 Å². The van der Waals surface area contributed by atoms with Crippen molar-refractivity contribution in [3.63, 3.8) is 0 Å². The molecule has 2 atom stereocenters. The van der Waals surface area contributed by atoms with Crippen LogP contribution in [0.2, 0.25) is 0 Å². The summed E-state index contributed by atoms with van der Waals surface area (Å²) in [5.41, 5.74) is 3.42. The lowest BCUT2D eigenvalue weighted by Gasteiger charge is -2.33. The van der Waals surface area contributed by atoms with E-state index in [1.807, 2.05) is 30.3 Å². The van der Waals surface area contributed by atoms with Gasteiger partial charge in [-0.15, -0.1) is 0 Å². The first-order valence-electron chi connectivity index (χ1n) is 9.19. The number of fused-ring (bicyclic) bond motifs is 4. The van der Waals surface area contributed by atoms with E-state index in [0.29, 0.717) is 12.8 Å². The van der Waals surface area contributed by atoms with Crippen molar-refractivity contribution in [3.05, 3.63) is 59.7 Å². The molecule has 5 heteroatoms. The Morgan fingerprint density at radius 1 is 1.12 bits per heavy atom. The summed E-state index contributed by atoms with van der Waals surface area (Å²) in [7, 11) is 0. The number of thioether (sulfide) groups is 1. The predicted octanol–water partition coefficient (Wildman–Crippen LogP) is 3.81. The van der Waals surface area contributed by atoms with Gasteiger partial charge >= 0.3 is 0 Å². The van der Waals surface area contributed by atoms with Gasteiger partial charge in [-0.25, -0.2) is 0 Å². The number of aryl methyl sites for hydroxylation is 1. The molecule has 2 aromatic rings. The monoisotopic (exact) mass is 364 g/mol. The Balaban J connectivity index is 1.47. The van der Waals surface area contributed by atoms with Gasteiger partial charge in [0.15, 0.2) is 4.87 Å². The van der Waals surface area contributed by atoms with E-state index in [0.717, 1.165) is 29.8 Å². The third-order valence-corrected chi connectivity index (χ3v) is 7.18. The number of rotatable bonds is 2. The van der Waals surface area contributed by atoms with Crippen molar-refractivity contribution < 1.29 is 9.59 Å². The number of carbonyl (C=O) groups is 2. The Morgan fingerprint density at radius 3 is 2.85 bits per heavy atom. The first-order chi connectivity index (χ1) is 12.7. The number of hydrogen-bond donors (Lipinski definition) is 1. The first-order valence-corrected chi connectivity index (χ1v) is 10.0. The van der Waals surface area contributed by atoms with Gasteiger partial charge in [0, 0.05) is 11.3 Å². The highest BCUT2D eigenvalue weighted by atomic mass is 32.2. The Hall–Kier alpha value is -2.27. The van der Waals surface area contributed by atoms with Crippen LogP contribution < -0.4 is 10.2 Å². The van der Waals surface area contributed by atoms with E-state index in [9.17, 15) is 9.59 Å². The minimum absolute atomic E-state index is 0.0312. The number of nitrogens with one attached hydrogen (secondary N) is 1. The number of para-hydroxylation sites is 1. The highest BCUT2D eigenvalue weighted by Gasteiger charge is 2.57. The first kappa shape index (κ1) is 15.9. The second-order valence-corrected chi connectivity index (χ2v) is 8.52. The molecule has 1 aliphatic carbocycles. The summed E-state index contributed by atoms with van der Waals surface area (Å²) < 4.78 is 0. The summed E-state index contributed by atoms with van der Waals surface area (Å²) in [4.78, 5) is 27.9. The smallest absolute Gasteiger partial charge is 0.257 e. The second-order valence-electron chi connectivity index (χ2n) is 7.20. The molecule has 2 amide bonds. The molecule has 0 spiro atoms. The van der Waals surface area contributed by atoms with Crippen molar-refractivity contribution in [1.82, 2.24) is 5.32 Å². The summed E-state index contributed by atoms with van der Waals surface area (Å²) >= 11 is 1.53. The van der Waals surface area contributed by atoms with E-state index in [4.69, 9.17) is 0 Å². The molecule has 2 aliphatic heterocycles. The SMILES string of the molecule is O=C1CC[C@@]2(C(=O)N[C@H]3CCCc4ccccc43)Sc3ccccc3N12. The molecule has 0 radical (unpaired) electrons. The largest absolute Gasteiger partial charge is 0.346 e. The molecule has 0 unspecified atom stereocenters. The van der Waals surface area contributed by atoms with Gasteiger partial charge in [-0.05, 0) is 48.9 Å². The number of nitrogens with zero attached hydrogens (tertiary/aromatic N) is 1. The third kappa shape index (κ3) is 2.23. The Bertz CT molecular complexity index is 912. The summed E-state index contributed by atoms with van der Waals surface area (Å²) in [6.45, 7) is 0. The minimum atomic E-state index is -0.826. The minimum Gasteiger partial charge on any atom is -0.346 e. The van der Waals surface area contributed by atoms with E-state index in [1.165, 1.54) is 22.9 Å². The van der Waals surface area contributed by atoms with Gasteiger partial charge in [0.2, 0.25) is 5.91 Å². The van der Waals surface area contributed by atoms with Crippen LogP contribution in [-0.2, 0) is 16.0 Å². The number of amides is 2. The molecule has 1 N–H and O–H groups in total. The number of benzene rings is 2. The average Bonchev–Trinajstić information content (AvgIpc) is 3.18. The van der Waals surface area contributed by atoms with E-state index in [1.54, 1.807) is 4.90 Å². The molecule has 5 rings (SSSR count). The van der Waals surface area contributed by atoms with Crippen molar-refractivity contribution in [2.75, 3.05) is 4.90 Å². The van der Waals surface area contributed by atoms with Crippen LogP contribution in [0, 0.1) is 0 Å². The second kappa shape index (κ2) is 5.88. The van der Waals surface area contributed by atoms with Crippen LogP contribution in [0.25, 0.3) is 0 Å². The van der Waals surface area contributed by atoms with Crippen molar-refractivity contribution in [3.8, 4) is 0 Å². The fourth-order valence-electron chi connectivity index (χ4n) is 4.47. The molecule has 4 nitrogen and oxygen atoms in total. The summed E-state index contributed by atoms with van der Waals surface area (Å²) in [6, 6.07) is 16.2. The molecule has 2 heterocycles. The van der Waals surface area contributed by atoms with Crippen LogP contribution in [0.4, 0.5) is 5.69 Å². The number of anilines is 1. The van der Waals surface area contributed by atoms with Gasteiger partial charge in [0.1, 0.15) is 0 Å². The molecular weight excluding hydrogens is 344 g/mol. The van der Waals surface area contributed by atoms with E-state index in [-0.39, 0.29) is 17.9 Å². The highest BCUT2D eigenvalue weighted by Crippen LogP contribution is 2.56. The zero-order valence-electron chi connectivity index (χ0n) is 14.4. The highest BCUT2D eigenvalue weighted by molar-refractivity contribution is 8.02. The Morgan fingerprint density at radius 2 is 1.92 bits per heavy atom. The lowest BCUT2D eigenvalue weighted by atomic mass is 9.87. The number of carbonyl (C=O) groups excluding carboxylic acids is 2. The Kier molecular flexibility index (Phi) is 3.60. The van der Waals surface area contributed by atoms with Crippen molar-refractivity contribution in [2.45, 2.75) is 47.9 Å². The molecule has 1 fully saturated rings. The van der Waals surface area contributed by atoms with Crippen LogP contribution in [0.5, 0.6) is 0 Å². The van der Waals surface area contributed by atoms with Crippen molar-refractivity contribution in [1.29, 1.82) is 0 Å². The maximum atomic E-state index is 13.4. The zero-order valence-corrected chi connectivity index (χ0v) is 15.2. The fourth-order valence-corrected chi connectivity index (χ4v) is 5.89. The van der Waals surface area contributed by atoms with Crippen LogP contribution in [0.15, 0.2) is 53.4 Å². The summed E-state index contributed by atoms with van der Waals surface area (Å²) in [5, 5.41) is 3.28. The molecular formula is C21H20N2O2S. The normalized spacial score (nSPS) is 26.2. The van der Waals surface area contributed by atoms with Gasteiger partial charge < -0.3 is 5.32 Å². The van der Waals surface area contributed by atoms with E-state index in [2.05, 4.69) is 23.5 Å². The number of hydrogen-bond acceptors (Lipinski definition) is 3. The van der Waals surface area contributed by atoms with Crippen LogP contribution >= 0.6 is 11.8 Å². The maximum absolute atomic E-state index is 13.4. The third-order valence-electron chi connectivity index (χ3n) is 5.70. The van der Waals surface area contributed by atoms with Gasteiger partial charge in [0.05, 0.1) is 11.7 Å². The standard InChI is InChI=1S/C21H20N2O2S/c24-19-12-13-21(23(19)17-10-3-4-11-18(17)26-21)20(25)22-16-9-5-7-14-6-1-2-8-15(14)16/h1-4,6,8,10-11,16H,5,7,9,12-13H2,(H,22,25)/t16-,21-/m0/s1. The van der Waals surface area contributed by atoms with E-state index >= 15 is 0 Å². The molecule has 132 valence electrons. The molecule has 0 saturated carbocycles. The van der Waals surface area contributed by atoms with Crippen LogP contribution in [0.3, 0.4) is 0 Å². The molecule has 3 aliphatic rings. The maximum Gasteiger partial charge on any atom is 0.257 e. The lowest BCUT2D eigenvalue weighted by molar-refractivity contribution is -0.125. The fraction of sp³-hybridized carbons (Fsp3) is 0.333. The van der Waals surface area contributed by atoms with Crippen LogP contribution in [0.1, 0.15) is 42.9 Å². The lowest BCUT2D eigenvalue weighted by Crippen LogP contribution is -2.53. The molecule has 1 saturated heterocycles. The van der Waals surface area contributed by atoms with Gasteiger partial charge in [0.25, 0.3) is 5.91 Å². The quantitative estimate of drug-likeness (QED) is 0.882. The van der Waals surface area contributed by atoms with Crippen molar-refractivity contribution >= 4 is 29.3 Å².